The lowest BCUT2D eigenvalue weighted by atomic mass is 10.0. The van der Waals surface area contributed by atoms with Crippen LogP contribution in [0.5, 0.6) is 0 Å². The number of nitrogens with one attached hydrogen (secondary N) is 2. The molecule has 0 bridgehead atoms. The minimum absolute atomic E-state index is 0.0227. The zero-order valence-corrected chi connectivity index (χ0v) is 19.8. The first-order chi connectivity index (χ1) is 17.9. The number of alkyl halides is 6. The first-order valence-electron chi connectivity index (χ1n) is 11.4. The number of amides is 1. The summed E-state index contributed by atoms with van der Waals surface area (Å²) in [5.41, 5.74) is -1.20. The molecule has 1 aromatic heterocycles. The second-order valence-electron chi connectivity index (χ2n) is 8.62. The molecule has 10 heteroatoms. The number of carbonyl (C=O) groups excluding carboxylic acids is 1. The van der Waals surface area contributed by atoms with Crippen LogP contribution in [0.1, 0.15) is 32.6 Å². The van der Waals surface area contributed by atoms with Crippen LogP contribution in [-0.2, 0) is 30.1 Å². The van der Waals surface area contributed by atoms with Crippen LogP contribution < -0.4 is 5.32 Å². The van der Waals surface area contributed by atoms with Gasteiger partial charge >= 0.3 is 12.4 Å². The minimum atomic E-state index is -4.98. The molecule has 4 aromatic rings. The van der Waals surface area contributed by atoms with Crippen LogP contribution in [0.15, 0.2) is 91.3 Å². The Morgan fingerprint density at radius 1 is 0.895 bits per heavy atom. The molecule has 0 radical (unpaired) electrons. The standard InChI is InChI=1S/C28H22F6N2O2/c1-17(38-16-18-11-21(27(29,30)31)14-22(12-18)28(32,33)34)25(36-26(37)19-7-3-2-4-8-19)13-20-15-35-24-10-6-5-9-23(20)24/h2-12,14-15,25,35H,1,13,16H2,(H,36,37). The average molecular weight is 532 g/mol. The number of benzene rings is 3. The zero-order chi connectivity index (χ0) is 27.5. The van der Waals surface area contributed by atoms with Gasteiger partial charge in [-0.2, -0.15) is 26.3 Å². The van der Waals surface area contributed by atoms with Gasteiger partial charge in [-0.15, -0.1) is 0 Å². The summed E-state index contributed by atoms with van der Waals surface area (Å²) in [5, 5.41) is 3.69. The number of para-hydroxylation sites is 1. The van der Waals surface area contributed by atoms with Crippen molar-refractivity contribution in [1.29, 1.82) is 0 Å². The van der Waals surface area contributed by atoms with E-state index < -0.39 is 42.0 Å². The van der Waals surface area contributed by atoms with Crippen LogP contribution in [0, 0.1) is 0 Å². The van der Waals surface area contributed by atoms with Gasteiger partial charge in [-0.1, -0.05) is 43.0 Å². The van der Waals surface area contributed by atoms with Gasteiger partial charge in [-0.25, -0.2) is 0 Å². The lowest BCUT2D eigenvalue weighted by Gasteiger charge is -2.22. The molecule has 38 heavy (non-hydrogen) atoms. The van der Waals surface area contributed by atoms with E-state index >= 15 is 0 Å². The summed E-state index contributed by atoms with van der Waals surface area (Å²) in [5.74, 6) is -0.468. The maximum Gasteiger partial charge on any atom is 0.416 e. The number of carbonyl (C=O) groups is 1. The van der Waals surface area contributed by atoms with Crippen LogP contribution in [0.2, 0.25) is 0 Å². The van der Waals surface area contributed by atoms with Gasteiger partial charge in [0, 0.05) is 29.1 Å². The number of H-pyrrole nitrogens is 1. The molecule has 1 amide bonds. The van der Waals surface area contributed by atoms with E-state index in [1.54, 1.807) is 36.5 Å². The minimum Gasteiger partial charge on any atom is -0.492 e. The van der Waals surface area contributed by atoms with Gasteiger partial charge in [0.1, 0.15) is 12.4 Å². The molecule has 0 saturated heterocycles. The van der Waals surface area contributed by atoms with Gasteiger partial charge in [0.25, 0.3) is 5.91 Å². The van der Waals surface area contributed by atoms with E-state index in [4.69, 9.17) is 4.74 Å². The van der Waals surface area contributed by atoms with Crippen LogP contribution in [0.3, 0.4) is 0 Å². The van der Waals surface area contributed by atoms with E-state index in [0.29, 0.717) is 17.7 Å². The molecule has 1 heterocycles. The maximum absolute atomic E-state index is 13.2. The summed E-state index contributed by atoms with van der Waals surface area (Å²) in [6, 6.07) is 16.2. The van der Waals surface area contributed by atoms with Crippen LogP contribution in [0.4, 0.5) is 26.3 Å². The van der Waals surface area contributed by atoms with E-state index in [0.717, 1.165) is 16.5 Å². The highest BCUT2D eigenvalue weighted by Crippen LogP contribution is 2.36. The third-order valence-corrected chi connectivity index (χ3v) is 5.90. The van der Waals surface area contributed by atoms with E-state index in [9.17, 15) is 31.1 Å². The molecule has 4 nitrogen and oxygen atoms in total. The second-order valence-corrected chi connectivity index (χ2v) is 8.62. The smallest absolute Gasteiger partial charge is 0.416 e. The summed E-state index contributed by atoms with van der Waals surface area (Å²) in [6.07, 6.45) is -8.00. The molecule has 0 spiro atoms. The summed E-state index contributed by atoms with van der Waals surface area (Å²) < 4.78 is 85.0. The molecule has 2 N–H and O–H groups in total. The Morgan fingerprint density at radius 3 is 2.13 bits per heavy atom. The topological polar surface area (TPSA) is 54.1 Å². The first-order valence-corrected chi connectivity index (χ1v) is 11.4. The van der Waals surface area contributed by atoms with Gasteiger partial charge in [0.05, 0.1) is 17.2 Å². The number of aromatic amines is 1. The number of hydrogen-bond acceptors (Lipinski definition) is 2. The number of fused-ring (bicyclic) bond motifs is 1. The van der Waals surface area contributed by atoms with Crippen molar-refractivity contribution in [3.05, 3.63) is 119 Å². The van der Waals surface area contributed by atoms with Crippen molar-refractivity contribution >= 4 is 16.8 Å². The molecule has 0 aliphatic heterocycles. The monoisotopic (exact) mass is 532 g/mol. The predicted molar refractivity (Wildman–Crippen MR) is 130 cm³/mol. The summed E-state index contributed by atoms with van der Waals surface area (Å²) in [6.45, 7) is 3.21. The van der Waals surface area contributed by atoms with Crippen LogP contribution in [0.25, 0.3) is 10.9 Å². The van der Waals surface area contributed by atoms with Gasteiger partial charge in [0.2, 0.25) is 0 Å². The highest BCUT2D eigenvalue weighted by Gasteiger charge is 2.37. The number of aromatic nitrogens is 1. The van der Waals surface area contributed by atoms with Crippen molar-refractivity contribution in [3.8, 4) is 0 Å². The fourth-order valence-electron chi connectivity index (χ4n) is 3.98. The molecule has 1 atom stereocenters. The van der Waals surface area contributed by atoms with Crippen molar-refractivity contribution in [3.63, 3.8) is 0 Å². The summed E-state index contributed by atoms with van der Waals surface area (Å²) >= 11 is 0. The molecule has 0 aliphatic carbocycles. The molecule has 0 saturated carbocycles. The predicted octanol–water partition coefficient (Wildman–Crippen LogP) is 7.28. The normalized spacial score (nSPS) is 12.8. The molecule has 198 valence electrons. The zero-order valence-electron chi connectivity index (χ0n) is 19.8. The fourth-order valence-corrected chi connectivity index (χ4v) is 3.98. The Balaban J connectivity index is 1.58. The highest BCUT2D eigenvalue weighted by molar-refractivity contribution is 5.94. The Hall–Kier alpha value is -4.21. The fraction of sp³-hybridized carbons (Fsp3) is 0.179. The van der Waals surface area contributed by atoms with E-state index in [1.807, 2.05) is 24.3 Å². The van der Waals surface area contributed by atoms with Gasteiger partial charge in [0.15, 0.2) is 0 Å². The Kier molecular flexibility index (Phi) is 7.52. The van der Waals surface area contributed by atoms with Gasteiger partial charge in [-0.05, 0) is 47.5 Å². The maximum atomic E-state index is 13.2. The van der Waals surface area contributed by atoms with Crippen molar-refractivity contribution < 1.29 is 35.9 Å². The summed E-state index contributed by atoms with van der Waals surface area (Å²) in [7, 11) is 0. The quantitative estimate of drug-likeness (QED) is 0.185. The van der Waals surface area contributed by atoms with Crippen LogP contribution >= 0.6 is 0 Å². The first kappa shape index (κ1) is 26.8. The van der Waals surface area contributed by atoms with E-state index in [2.05, 4.69) is 16.9 Å². The SMILES string of the molecule is C=C(OCc1cc(C(F)(F)F)cc(C(F)(F)F)c1)C(Cc1c[nH]c2ccccc12)NC(=O)c1ccccc1. The molecule has 0 fully saturated rings. The third-order valence-electron chi connectivity index (χ3n) is 5.90. The van der Waals surface area contributed by atoms with Crippen molar-refractivity contribution in [2.75, 3.05) is 0 Å². The molecule has 4 rings (SSSR count). The molecule has 0 aliphatic rings. The number of hydrogen-bond donors (Lipinski definition) is 2. The Morgan fingerprint density at radius 2 is 1.50 bits per heavy atom. The van der Waals surface area contributed by atoms with E-state index in [-0.39, 0.29) is 23.8 Å². The molecule has 3 aromatic carbocycles. The van der Waals surface area contributed by atoms with Crippen LogP contribution in [-0.4, -0.2) is 16.9 Å². The van der Waals surface area contributed by atoms with Crippen molar-refractivity contribution in [1.82, 2.24) is 10.3 Å². The lowest BCUT2D eigenvalue weighted by Crippen LogP contribution is -2.38. The average Bonchev–Trinajstić information content (AvgIpc) is 3.29. The Labute approximate surface area is 213 Å². The lowest BCUT2D eigenvalue weighted by molar-refractivity contribution is -0.143. The Bertz CT molecular complexity index is 1410. The van der Waals surface area contributed by atoms with Gasteiger partial charge < -0.3 is 15.0 Å². The van der Waals surface area contributed by atoms with Gasteiger partial charge in [-0.3, -0.25) is 4.79 Å². The highest BCUT2D eigenvalue weighted by atomic mass is 19.4. The number of halogens is 6. The van der Waals surface area contributed by atoms with E-state index in [1.165, 1.54) is 0 Å². The second kappa shape index (κ2) is 10.6. The number of rotatable bonds is 8. The van der Waals surface area contributed by atoms with Crippen molar-refractivity contribution in [2.24, 2.45) is 0 Å². The largest absolute Gasteiger partial charge is 0.492 e. The number of ether oxygens (including phenoxy) is 1. The summed E-state index contributed by atoms with van der Waals surface area (Å²) in [4.78, 5) is 16.0. The molecule has 1 unspecified atom stereocenters. The molecular formula is C28H22F6N2O2. The third kappa shape index (κ3) is 6.37. The molecular weight excluding hydrogens is 510 g/mol. The van der Waals surface area contributed by atoms with Crippen molar-refractivity contribution in [2.45, 2.75) is 31.4 Å².